The standard InChI is InChI=1S/C15H17FN4O/c1-9-4-5-12(10(2)8-9)20(3)15(21)11-6-7-18-14(19-17)13(11)16/h4-8H,17H2,1-3H3,(H,18,19). The number of aryl methyl sites for hydroxylation is 2. The summed E-state index contributed by atoms with van der Waals surface area (Å²) in [6, 6.07) is 7.04. The van der Waals surface area contributed by atoms with Crippen LogP contribution in [0.1, 0.15) is 21.5 Å². The molecule has 2 rings (SSSR count). The zero-order valence-corrected chi connectivity index (χ0v) is 12.1. The van der Waals surface area contributed by atoms with Crippen molar-refractivity contribution in [3.8, 4) is 0 Å². The fraction of sp³-hybridized carbons (Fsp3) is 0.200. The quantitative estimate of drug-likeness (QED) is 0.672. The van der Waals surface area contributed by atoms with Gasteiger partial charge in [-0.25, -0.2) is 15.2 Å². The number of aromatic nitrogens is 1. The van der Waals surface area contributed by atoms with Crippen molar-refractivity contribution in [3.63, 3.8) is 0 Å². The highest BCUT2D eigenvalue weighted by Gasteiger charge is 2.21. The molecule has 6 heteroatoms. The average molecular weight is 288 g/mol. The number of hydrogen-bond acceptors (Lipinski definition) is 4. The molecule has 2 aromatic rings. The summed E-state index contributed by atoms with van der Waals surface area (Å²) in [7, 11) is 1.61. The number of nitrogens with zero attached hydrogens (tertiary/aromatic N) is 2. The van der Waals surface area contributed by atoms with Gasteiger partial charge in [-0.15, -0.1) is 0 Å². The van der Waals surface area contributed by atoms with Crippen molar-refractivity contribution in [1.29, 1.82) is 0 Å². The Morgan fingerprint density at radius 2 is 2.05 bits per heavy atom. The van der Waals surface area contributed by atoms with Crippen molar-refractivity contribution in [2.75, 3.05) is 17.4 Å². The Labute approximate surface area is 122 Å². The van der Waals surface area contributed by atoms with E-state index >= 15 is 0 Å². The topological polar surface area (TPSA) is 71.2 Å². The van der Waals surface area contributed by atoms with Gasteiger partial charge in [0.05, 0.1) is 5.56 Å². The van der Waals surface area contributed by atoms with E-state index in [2.05, 4.69) is 10.4 Å². The molecule has 0 atom stereocenters. The molecule has 0 unspecified atom stereocenters. The molecular weight excluding hydrogens is 271 g/mol. The maximum absolute atomic E-state index is 14.1. The zero-order chi connectivity index (χ0) is 15.6. The Hall–Kier alpha value is -2.47. The number of halogens is 1. The number of amides is 1. The van der Waals surface area contributed by atoms with Crippen LogP contribution in [-0.2, 0) is 0 Å². The third-order valence-electron chi connectivity index (χ3n) is 3.27. The van der Waals surface area contributed by atoms with Crippen LogP contribution in [0.15, 0.2) is 30.5 Å². The fourth-order valence-corrected chi connectivity index (χ4v) is 2.18. The fourth-order valence-electron chi connectivity index (χ4n) is 2.18. The molecule has 0 bridgehead atoms. The lowest BCUT2D eigenvalue weighted by Gasteiger charge is -2.20. The van der Waals surface area contributed by atoms with Crippen LogP contribution in [0.25, 0.3) is 0 Å². The number of benzene rings is 1. The maximum atomic E-state index is 14.1. The molecule has 5 nitrogen and oxygen atoms in total. The summed E-state index contributed by atoms with van der Waals surface area (Å²) in [5, 5.41) is 0. The molecular formula is C15H17FN4O. The lowest BCUT2D eigenvalue weighted by molar-refractivity contribution is 0.0989. The SMILES string of the molecule is Cc1ccc(N(C)C(=O)c2ccnc(NN)c2F)c(C)c1. The van der Waals surface area contributed by atoms with Crippen LogP contribution < -0.4 is 16.2 Å². The molecule has 1 amide bonds. The number of pyridine rings is 1. The smallest absolute Gasteiger partial charge is 0.261 e. The number of carbonyl (C=O) groups excluding carboxylic acids is 1. The van der Waals surface area contributed by atoms with Gasteiger partial charge in [-0.1, -0.05) is 17.7 Å². The highest BCUT2D eigenvalue weighted by molar-refractivity contribution is 6.06. The lowest BCUT2D eigenvalue weighted by atomic mass is 10.1. The van der Waals surface area contributed by atoms with Crippen LogP contribution in [0.5, 0.6) is 0 Å². The second-order valence-corrected chi connectivity index (χ2v) is 4.82. The molecule has 0 aliphatic heterocycles. The molecule has 0 spiro atoms. The minimum atomic E-state index is -0.762. The number of nitrogen functional groups attached to an aromatic ring is 1. The van der Waals surface area contributed by atoms with E-state index in [4.69, 9.17) is 5.84 Å². The summed E-state index contributed by atoms with van der Waals surface area (Å²) < 4.78 is 14.1. The van der Waals surface area contributed by atoms with Crippen LogP contribution in [0.4, 0.5) is 15.9 Å². The molecule has 0 saturated heterocycles. The molecule has 0 aliphatic carbocycles. The number of carbonyl (C=O) groups is 1. The molecule has 1 heterocycles. The number of hydrazine groups is 1. The van der Waals surface area contributed by atoms with Crippen LogP contribution >= 0.6 is 0 Å². The van der Waals surface area contributed by atoms with E-state index in [1.165, 1.54) is 17.2 Å². The minimum absolute atomic E-state index is 0.0829. The van der Waals surface area contributed by atoms with Crippen molar-refractivity contribution in [2.24, 2.45) is 5.84 Å². The Bertz CT molecular complexity index is 687. The van der Waals surface area contributed by atoms with Gasteiger partial charge in [0.1, 0.15) is 0 Å². The van der Waals surface area contributed by atoms with E-state index in [0.29, 0.717) is 0 Å². The Kier molecular flexibility index (Phi) is 4.18. The summed E-state index contributed by atoms with van der Waals surface area (Å²) in [4.78, 5) is 17.6. The van der Waals surface area contributed by atoms with Crippen LogP contribution in [-0.4, -0.2) is 17.9 Å². The Morgan fingerprint density at radius 1 is 1.33 bits per heavy atom. The predicted octanol–water partition coefficient (Wildman–Crippen LogP) is 2.40. The van der Waals surface area contributed by atoms with Crippen molar-refractivity contribution < 1.29 is 9.18 Å². The van der Waals surface area contributed by atoms with Crippen molar-refractivity contribution in [3.05, 3.63) is 53.0 Å². The highest BCUT2D eigenvalue weighted by atomic mass is 19.1. The minimum Gasteiger partial charge on any atom is -0.311 e. The molecule has 1 aromatic heterocycles. The molecule has 3 N–H and O–H groups in total. The first-order valence-electron chi connectivity index (χ1n) is 6.42. The summed E-state index contributed by atoms with van der Waals surface area (Å²) in [6.45, 7) is 3.88. The Morgan fingerprint density at radius 3 is 2.67 bits per heavy atom. The van der Waals surface area contributed by atoms with E-state index in [9.17, 15) is 9.18 Å². The average Bonchev–Trinajstić information content (AvgIpc) is 2.46. The monoisotopic (exact) mass is 288 g/mol. The van der Waals surface area contributed by atoms with Crippen LogP contribution in [0.2, 0.25) is 0 Å². The van der Waals surface area contributed by atoms with Crippen LogP contribution in [0.3, 0.4) is 0 Å². The van der Waals surface area contributed by atoms with E-state index in [1.54, 1.807) is 7.05 Å². The van der Waals surface area contributed by atoms with E-state index in [1.807, 2.05) is 32.0 Å². The van der Waals surface area contributed by atoms with Gasteiger partial charge in [-0.2, -0.15) is 0 Å². The van der Waals surface area contributed by atoms with E-state index in [0.717, 1.165) is 16.8 Å². The second-order valence-electron chi connectivity index (χ2n) is 4.82. The second kappa shape index (κ2) is 5.88. The van der Waals surface area contributed by atoms with Gasteiger partial charge in [-0.3, -0.25) is 4.79 Å². The van der Waals surface area contributed by atoms with Gasteiger partial charge < -0.3 is 10.3 Å². The normalized spacial score (nSPS) is 10.3. The third-order valence-corrected chi connectivity index (χ3v) is 3.27. The van der Waals surface area contributed by atoms with Crippen molar-refractivity contribution in [2.45, 2.75) is 13.8 Å². The summed E-state index contributed by atoms with van der Waals surface area (Å²) in [5.74, 6) is 3.79. The summed E-state index contributed by atoms with van der Waals surface area (Å²) in [6.07, 6.45) is 1.33. The largest absolute Gasteiger partial charge is 0.311 e. The van der Waals surface area contributed by atoms with E-state index in [-0.39, 0.29) is 11.4 Å². The molecule has 110 valence electrons. The molecule has 1 aromatic carbocycles. The zero-order valence-electron chi connectivity index (χ0n) is 12.1. The first kappa shape index (κ1) is 14.9. The number of rotatable bonds is 3. The molecule has 0 radical (unpaired) electrons. The van der Waals surface area contributed by atoms with Gasteiger partial charge in [0.2, 0.25) is 0 Å². The van der Waals surface area contributed by atoms with Gasteiger partial charge in [0.25, 0.3) is 5.91 Å². The molecule has 0 saturated carbocycles. The summed E-state index contributed by atoms with van der Waals surface area (Å²) >= 11 is 0. The molecule has 0 aliphatic rings. The summed E-state index contributed by atoms with van der Waals surface area (Å²) in [5.41, 5.74) is 4.82. The van der Waals surface area contributed by atoms with Crippen molar-refractivity contribution >= 4 is 17.4 Å². The number of anilines is 2. The van der Waals surface area contributed by atoms with Gasteiger partial charge in [-0.05, 0) is 31.5 Å². The third kappa shape index (κ3) is 2.85. The molecule has 0 fully saturated rings. The van der Waals surface area contributed by atoms with Gasteiger partial charge in [0.15, 0.2) is 11.6 Å². The highest BCUT2D eigenvalue weighted by Crippen LogP contribution is 2.23. The first-order valence-corrected chi connectivity index (χ1v) is 6.42. The lowest BCUT2D eigenvalue weighted by Crippen LogP contribution is -2.28. The predicted molar refractivity (Wildman–Crippen MR) is 80.7 cm³/mol. The van der Waals surface area contributed by atoms with Crippen molar-refractivity contribution in [1.82, 2.24) is 4.98 Å². The molecule has 21 heavy (non-hydrogen) atoms. The maximum Gasteiger partial charge on any atom is 0.261 e. The Balaban J connectivity index is 2.40. The van der Waals surface area contributed by atoms with Gasteiger partial charge in [0, 0.05) is 18.9 Å². The van der Waals surface area contributed by atoms with Crippen LogP contribution in [0, 0.1) is 19.7 Å². The van der Waals surface area contributed by atoms with Gasteiger partial charge >= 0.3 is 0 Å². The number of nitrogens with one attached hydrogen (secondary N) is 1. The number of hydrogen-bond donors (Lipinski definition) is 2. The van der Waals surface area contributed by atoms with E-state index < -0.39 is 11.7 Å². The first-order chi connectivity index (χ1) is 9.95. The number of nitrogens with two attached hydrogens (primary N) is 1.